The van der Waals surface area contributed by atoms with E-state index in [4.69, 9.17) is 4.74 Å². The number of hydrogen-bond donors (Lipinski definition) is 1. The van der Waals surface area contributed by atoms with Crippen LogP contribution < -0.4 is 5.32 Å². The molecule has 0 spiro atoms. The summed E-state index contributed by atoms with van der Waals surface area (Å²) in [6, 6.07) is 7.09. The number of carbonyl (C=O) groups excluding carboxylic acids is 2. The summed E-state index contributed by atoms with van der Waals surface area (Å²) >= 11 is 0. The molecule has 0 radical (unpaired) electrons. The first kappa shape index (κ1) is 18.2. The third kappa shape index (κ3) is 7.63. The molecule has 2 rings (SSSR count). The summed E-state index contributed by atoms with van der Waals surface area (Å²) in [5.41, 5.74) is 1.39. The first-order chi connectivity index (χ1) is 9.75. The molecule has 2 amide bonds. The average Bonchev–Trinajstić information content (AvgIpc) is 2.52. The number of hydrogen-bond acceptors (Lipinski definition) is 3. The summed E-state index contributed by atoms with van der Waals surface area (Å²) in [4.78, 5) is 21.1. The fourth-order valence-corrected chi connectivity index (χ4v) is 1.65. The Bertz CT molecular complexity index is 381. The maximum atomic E-state index is 11.1. The molecule has 20 heavy (non-hydrogen) atoms. The highest BCUT2D eigenvalue weighted by atomic mass is 19.1. The Morgan fingerprint density at radius 2 is 1.80 bits per heavy atom. The lowest BCUT2D eigenvalue weighted by atomic mass is 10.1. The van der Waals surface area contributed by atoms with Gasteiger partial charge in [-0.15, -0.1) is 0 Å². The minimum atomic E-state index is -0.358. The van der Waals surface area contributed by atoms with Crippen LogP contribution in [0.25, 0.3) is 0 Å². The zero-order chi connectivity index (χ0) is 15.2. The number of ether oxygens (including phenoxy) is 1. The summed E-state index contributed by atoms with van der Waals surface area (Å²) in [7, 11) is 0.500. The van der Waals surface area contributed by atoms with Crippen molar-refractivity contribution in [3.63, 3.8) is 0 Å². The second kappa shape index (κ2) is 12.3. The Morgan fingerprint density at radius 3 is 2.20 bits per heavy atom. The summed E-state index contributed by atoms with van der Waals surface area (Å²) in [6.07, 6.45) is 4.31. The van der Waals surface area contributed by atoms with Crippen molar-refractivity contribution in [1.29, 1.82) is 0 Å². The van der Waals surface area contributed by atoms with Gasteiger partial charge in [-0.25, -0.2) is 0 Å². The highest BCUT2D eigenvalue weighted by Gasteiger charge is 2.05. The molecular formula is C15H22FNO3. The number of rotatable bonds is 2. The van der Waals surface area contributed by atoms with Crippen LogP contribution in [-0.2, 0) is 9.53 Å². The van der Waals surface area contributed by atoms with Crippen LogP contribution in [-0.4, -0.2) is 32.7 Å². The molecule has 0 unspecified atom stereocenters. The van der Waals surface area contributed by atoms with Gasteiger partial charge in [-0.3, -0.25) is 19.3 Å². The first-order valence-corrected chi connectivity index (χ1v) is 6.51. The van der Waals surface area contributed by atoms with Crippen molar-refractivity contribution < 1.29 is 18.7 Å². The van der Waals surface area contributed by atoms with Crippen molar-refractivity contribution in [2.75, 3.05) is 20.4 Å². The number of imide groups is 1. The lowest BCUT2D eigenvalue weighted by Gasteiger charge is -2.08. The molecule has 1 fully saturated rings. The van der Waals surface area contributed by atoms with Gasteiger partial charge < -0.3 is 4.74 Å². The van der Waals surface area contributed by atoms with Gasteiger partial charge in [-0.1, -0.05) is 18.2 Å². The number of nitrogens with one attached hydrogen (secondary N) is 1. The van der Waals surface area contributed by atoms with E-state index >= 15 is 0 Å². The van der Waals surface area contributed by atoms with Crippen LogP contribution in [0.15, 0.2) is 24.3 Å². The van der Waals surface area contributed by atoms with E-state index < -0.39 is 0 Å². The highest BCUT2D eigenvalue weighted by molar-refractivity contribution is 6.00. The SMILES string of the molecule is C1CCOCC1.CF.Cc1ccccc1C(=O)NC=O. The molecule has 1 aromatic rings. The van der Waals surface area contributed by atoms with Gasteiger partial charge in [-0.05, 0) is 37.8 Å². The van der Waals surface area contributed by atoms with E-state index in [9.17, 15) is 14.0 Å². The number of carbonyl (C=O) groups is 2. The average molecular weight is 283 g/mol. The number of benzene rings is 1. The van der Waals surface area contributed by atoms with Gasteiger partial charge in [0.25, 0.3) is 5.91 Å². The van der Waals surface area contributed by atoms with Gasteiger partial charge >= 0.3 is 0 Å². The molecular weight excluding hydrogens is 261 g/mol. The molecule has 1 aromatic carbocycles. The van der Waals surface area contributed by atoms with Gasteiger partial charge in [0.1, 0.15) is 0 Å². The van der Waals surface area contributed by atoms with Crippen LogP contribution in [0.1, 0.15) is 35.2 Å². The second-order valence-electron chi connectivity index (χ2n) is 4.08. The molecule has 5 heteroatoms. The highest BCUT2D eigenvalue weighted by Crippen LogP contribution is 2.05. The lowest BCUT2D eigenvalue weighted by molar-refractivity contribution is -0.108. The van der Waals surface area contributed by atoms with E-state index in [1.54, 1.807) is 12.1 Å². The Balaban J connectivity index is 0.000000377. The molecule has 0 bridgehead atoms. The van der Waals surface area contributed by atoms with Gasteiger partial charge in [0.2, 0.25) is 6.41 Å². The van der Waals surface area contributed by atoms with Crippen LogP contribution in [0.3, 0.4) is 0 Å². The van der Waals surface area contributed by atoms with Gasteiger partial charge in [-0.2, -0.15) is 0 Å². The molecule has 4 nitrogen and oxygen atoms in total. The Hall–Kier alpha value is -1.75. The predicted octanol–water partition coefficient (Wildman–Crippen LogP) is 2.65. The summed E-state index contributed by atoms with van der Waals surface area (Å²) in [5.74, 6) is -0.358. The van der Waals surface area contributed by atoms with Gasteiger partial charge in [0.15, 0.2) is 0 Å². The minimum absolute atomic E-state index is 0.358. The number of alkyl halides is 1. The quantitative estimate of drug-likeness (QED) is 0.849. The van der Waals surface area contributed by atoms with Crippen LogP contribution in [0, 0.1) is 6.92 Å². The molecule has 112 valence electrons. The number of aryl methyl sites for hydroxylation is 1. The van der Waals surface area contributed by atoms with E-state index in [1.807, 2.05) is 19.1 Å². The van der Waals surface area contributed by atoms with E-state index in [-0.39, 0.29) is 5.91 Å². The van der Waals surface area contributed by atoms with Crippen LogP contribution in [0.4, 0.5) is 4.39 Å². The molecule has 1 aliphatic heterocycles. The minimum Gasteiger partial charge on any atom is -0.381 e. The van der Waals surface area contributed by atoms with Crippen molar-refractivity contribution in [3.05, 3.63) is 35.4 Å². The van der Waals surface area contributed by atoms with Crippen LogP contribution in [0.5, 0.6) is 0 Å². The van der Waals surface area contributed by atoms with E-state index in [0.29, 0.717) is 19.2 Å². The Kier molecular flexibility index (Phi) is 11.2. The number of halogens is 1. The summed E-state index contributed by atoms with van der Waals surface area (Å²) < 4.78 is 14.6. The molecule has 0 aliphatic carbocycles. The first-order valence-electron chi connectivity index (χ1n) is 6.51. The van der Waals surface area contributed by atoms with Crippen molar-refractivity contribution in [2.24, 2.45) is 0 Å². The van der Waals surface area contributed by atoms with Gasteiger partial charge in [0.05, 0.1) is 7.18 Å². The molecule has 1 heterocycles. The molecule has 0 atom stereocenters. The molecule has 0 aromatic heterocycles. The molecule has 1 aliphatic rings. The Labute approximate surface area is 119 Å². The maximum Gasteiger partial charge on any atom is 0.257 e. The zero-order valence-corrected chi connectivity index (χ0v) is 12.0. The third-order valence-corrected chi connectivity index (χ3v) is 2.66. The smallest absolute Gasteiger partial charge is 0.257 e. The van der Waals surface area contributed by atoms with Gasteiger partial charge in [0, 0.05) is 18.8 Å². The monoisotopic (exact) mass is 283 g/mol. The fraction of sp³-hybridized carbons (Fsp3) is 0.467. The topological polar surface area (TPSA) is 55.4 Å². The molecule has 1 N–H and O–H groups in total. The van der Waals surface area contributed by atoms with Crippen molar-refractivity contribution >= 4 is 12.3 Å². The second-order valence-corrected chi connectivity index (χ2v) is 4.08. The van der Waals surface area contributed by atoms with Crippen LogP contribution in [0.2, 0.25) is 0 Å². The van der Waals surface area contributed by atoms with Crippen molar-refractivity contribution in [1.82, 2.24) is 5.32 Å². The van der Waals surface area contributed by atoms with E-state index in [2.05, 4.69) is 5.32 Å². The summed E-state index contributed by atoms with van der Waals surface area (Å²) in [6.45, 7) is 3.82. The molecule has 1 saturated heterocycles. The largest absolute Gasteiger partial charge is 0.381 e. The fourth-order valence-electron chi connectivity index (χ4n) is 1.65. The van der Waals surface area contributed by atoms with Crippen molar-refractivity contribution in [3.8, 4) is 0 Å². The van der Waals surface area contributed by atoms with E-state index in [0.717, 1.165) is 18.8 Å². The van der Waals surface area contributed by atoms with E-state index in [1.165, 1.54) is 19.3 Å². The zero-order valence-electron chi connectivity index (χ0n) is 12.0. The van der Waals surface area contributed by atoms with Crippen molar-refractivity contribution in [2.45, 2.75) is 26.2 Å². The lowest BCUT2D eigenvalue weighted by Crippen LogP contribution is -2.21. The summed E-state index contributed by atoms with van der Waals surface area (Å²) in [5, 5.41) is 2.08. The normalized spacial score (nSPS) is 12.9. The standard InChI is InChI=1S/C9H9NO2.C5H10O.CH3F/c1-7-4-2-3-5-8(7)9(12)10-6-11;1-2-4-6-5-3-1;1-2/h2-6H,1H3,(H,10,11,12);1-5H2;1H3. The van der Waals surface area contributed by atoms with Crippen LogP contribution >= 0.6 is 0 Å². The Morgan fingerprint density at radius 1 is 1.20 bits per heavy atom. The predicted molar refractivity (Wildman–Crippen MR) is 76.4 cm³/mol. The molecule has 0 saturated carbocycles. The maximum absolute atomic E-state index is 11.1. The third-order valence-electron chi connectivity index (χ3n) is 2.66. The number of amides is 2.